The summed E-state index contributed by atoms with van der Waals surface area (Å²) < 4.78 is 0. The number of anilines is 1. The average Bonchev–Trinajstić information content (AvgIpc) is 2.87. The smallest absolute Gasteiger partial charge is 0.239 e. The molecule has 0 spiro atoms. The predicted molar refractivity (Wildman–Crippen MR) is 84.9 cm³/mol. The molecule has 0 fully saturated rings. The number of ketones is 1. The molecule has 0 atom stereocenters. The van der Waals surface area contributed by atoms with Crippen LogP contribution in [0.4, 0.5) is 5.69 Å². The lowest BCUT2D eigenvalue weighted by Crippen LogP contribution is -2.41. The zero-order valence-corrected chi connectivity index (χ0v) is 13.1. The molecule has 4 heteroatoms. The average molecular weight is 288 g/mol. The van der Waals surface area contributed by atoms with Crippen LogP contribution in [0.5, 0.6) is 0 Å². The lowest BCUT2D eigenvalue weighted by atomic mass is 10.1. The quantitative estimate of drug-likeness (QED) is 0.818. The highest BCUT2D eigenvalue weighted by atomic mass is 16.2. The number of fused-ring (bicyclic) bond motifs is 1. The van der Waals surface area contributed by atoms with Crippen LogP contribution in [-0.2, 0) is 11.2 Å². The van der Waals surface area contributed by atoms with Gasteiger partial charge in [-0.2, -0.15) is 0 Å². The van der Waals surface area contributed by atoms with E-state index >= 15 is 0 Å². The minimum Gasteiger partial charge on any atom is -0.362 e. The van der Waals surface area contributed by atoms with Crippen molar-refractivity contribution in [3.63, 3.8) is 0 Å². The van der Waals surface area contributed by atoms with Crippen LogP contribution in [0.15, 0.2) is 18.2 Å². The Bertz CT molecular complexity index is 536. The SMILES string of the molecule is CCC(CC)NC(=O)CN1CCc2cc(C(C)=O)ccc21. The van der Waals surface area contributed by atoms with E-state index in [1.165, 1.54) is 0 Å². The third-order valence-corrected chi connectivity index (χ3v) is 4.16. The molecule has 0 aliphatic carbocycles. The van der Waals surface area contributed by atoms with Crippen LogP contribution in [0.3, 0.4) is 0 Å². The summed E-state index contributed by atoms with van der Waals surface area (Å²) in [5.74, 6) is 0.162. The zero-order chi connectivity index (χ0) is 15.4. The summed E-state index contributed by atoms with van der Waals surface area (Å²) in [4.78, 5) is 25.6. The molecule has 0 saturated carbocycles. The summed E-state index contributed by atoms with van der Waals surface area (Å²) in [6.07, 6.45) is 2.82. The van der Waals surface area contributed by atoms with Gasteiger partial charge in [0.05, 0.1) is 6.54 Å². The van der Waals surface area contributed by atoms with Gasteiger partial charge in [-0.15, -0.1) is 0 Å². The highest BCUT2D eigenvalue weighted by Crippen LogP contribution is 2.28. The summed E-state index contributed by atoms with van der Waals surface area (Å²) in [6, 6.07) is 6.03. The molecule has 1 aromatic rings. The fraction of sp³-hybridized carbons (Fsp3) is 0.529. The molecule has 1 aliphatic heterocycles. The van der Waals surface area contributed by atoms with E-state index in [1.807, 2.05) is 18.2 Å². The van der Waals surface area contributed by atoms with Gasteiger partial charge in [0.25, 0.3) is 0 Å². The van der Waals surface area contributed by atoms with Crippen molar-refractivity contribution in [3.8, 4) is 0 Å². The third kappa shape index (κ3) is 3.63. The first-order valence-corrected chi connectivity index (χ1v) is 7.73. The molecule has 1 aromatic carbocycles. The van der Waals surface area contributed by atoms with Crippen LogP contribution in [0.2, 0.25) is 0 Å². The Morgan fingerprint density at radius 2 is 2.00 bits per heavy atom. The molecule has 1 amide bonds. The van der Waals surface area contributed by atoms with Gasteiger partial charge in [-0.3, -0.25) is 9.59 Å². The Morgan fingerprint density at radius 3 is 2.62 bits per heavy atom. The number of hydrogen-bond acceptors (Lipinski definition) is 3. The molecule has 0 unspecified atom stereocenters. The van der Waals surface area contributed by atoms with Crippen molar-refractivity contribution in [1.82, 2.24) is 5.32 Å². The number of carbonyl (C=O) groups excluding carboxylic acids is 2. The maximum absolute atomic E-state index is 12.1. The second-order valence-electron chi connectivity index (χ2n) is 5.65. The molecule has 0 saturated heterocycles. The molecular weight excluding hydrogens is 264 g/mol. The van der Waals surface area contributed by atoms with Crippen LogP contribution in [0.25, 0.3) is 0 Å². The van der Waals surface area contributed by atoms with Crippen LogP contribution in [0, 0.1) is 0 Å². The number of amides is 1. The van der Waals surface area contributed by atoms with Crippen LogP contribution in [0.1, 0.15) is 49.5 Å². The summed E-state index contributed by atoms with van der Waals surface area (Å²) in [5.41, 5.74) is 3.00. The number of Topliss-reactive ketones (excluding diaryl/α,β-unsaturated/α-hetero) is 1. The predicted octanol–water partition coefficient (Wildman–Crippen LogP) is 2.56. The molecule has 0 radical (unpaired) electrons. The second kappa shape index (κ2) is 6.74. The van der Waals surface area contributed by atoms with E-state index in [4.69, 9.17) is 0 Å². The minimum absolute atomic E-state index is 0.0761. The first kappa shape index (κ1) is 15.5. The fourth-order valence-electron chi connectivity index (χ4n) is 2.79. The standard InChI is InChI=1S/C17H24N2O2/c1-4-15(5-2)18-17(21)11-19-9-8-14-10-13(12(3)20)6-7-16(14)19/h6-7,10,15H,4-5,8-9,11H2,1-3H3,(H,18,21). The van der Waals surface area contributed by atoms with Crippen molar-refractivity contribution >= 4 is 17.4 Å². The fourth-order valence-corrected chi connectivity index (χ4v) is 2.79. The number of rotatable bonds is 6. The van der Waals surface area contributed by atoms with Gasteiger partial charge in [0, 0.05) is 23.8 Å². The highest BCUT2D eigenvalue weighted by Gasteiger charge is 2.22. The molecule has 4 nitrogen and oxygen atoms in total. The van der Waals surface area contributed by atoms with E-state index in [0.717, 1.165) is 42.6 Å². The molecular formula is C17H24N2O2. The molecule has 1 N–H and O–H groups in total. The maximum atomic E-state index is 12.1. The first-order chi connectivity index (χ1) is 10.0. The van der Waals surface area contributed by atoms with E-state index in [2.05, 4.69) is 24.1 Å². The van der Waals surface area contributed by atoms with Gasteiger partial charge >= 0.3 is 0 Å². The lowest BCUT2D eigenvalue weighted by Gasteiger charge is -2.21. The van der Waals surface area contributed by atoms with Crippen LogP contribution >= 0.6 is 0 Å². The molecule has 21 heavy (non-hydrogen) atoms. The molecule has 2 rings (SSSR count). The lowest BCUT2D eigenvalue weighted by molar-refractivity contribution is -0.120. The number of nitrogens with one attached hydrogen (secondary N) is 1. The largest absolute Gasteiger partial charge is 0.362 e. The van der Waals surface area contributed by atoms with Crippen molar-refractivity contribution < 1.29 is 9.59 Å². The Labute approximate surface area is 126 Å². The molecule has 0 aromatic heterocycles. The number of hydrogen-bond donors (Lipinski definition) is 1. The summed E-state index contributed by atoms with van der Waals surface area (Å²) in [5, 5.41) is 3.07. The summed E-state index contributed by atoms with van der Waals surface area (Å²) >= 11 is 0. The van der Waals surface area contributed by atoms with Crippen molar-refractivity contribution in [1.29, 1.82) is 0 Å². The molecule has 1 aliphatic rings. The number of carbonyl (C=O) groups is 2. The van der Waals surface area contributed by atoms with Gasteiger partial charge in [0.2, 0.25) is 5.91 Å². The maximum Gasteiger partial charge on any atom is 0.239 e. The number of benzene rings is 1. The van der Waals surface area contributed by atoms with E-state index in [-0.39, 0.29) is 17.7 Å². The van der Waals surface area contributed by atoms with Gasteiger partial charge in [-0.25, -0.2) is 0 Å². The topological polar surface area (TPSA) is 49.4 Å². The second-order valence-corrected chi connectivity index (χ2v) is 5.65. The summed E-state index contributed by atoms with van der Waals surface area (Å²) in [7, 11) is 0. The van der Waals surface area contributed by atoms with Crippen molar-refractivity contribution in [3.05, 3.63) is 29.3 Å². The zero-order valence-electron chi connectivity index (χ0n) is 13.1. The highest BCUT2D eigenvalue weighted by molar-refractivity contribution is 5.95. The van der Waals surface area contributed by atoms with Gasteiger partial charge in [0.1, 0.15) is 0 Å². The van der Waals surface area contributed by atoms with Crippen molar-refractivity contribution in [2.75, 3.05) is 18.0 Å². The molecule has 1 heterocycles. The third-order valence-electron chi connectivity index (χ3n) is 4.16. The van der Waals surface area contributed by atoms with Gasteiger partial charge < -0.3 is 10.2 Å². The van der Waals surface area contributed by atoms with Crippen LogP contribution < -0.4 is 10.2 Å². The summed E-state index contributed by atoms with van der Waals surface area (Å²) in [6.45, 7) is 6.99. The van der Waals surface area contributed by atoms with Crippen LogP contribution in [-0.4, -0.2) is 30.8 Å². The van der Waals surface area contributed by atoms with Gasteiger partial charge in [0.15, 0.2) is 5.78 Å². The van der Waals surface area contributed by atoms with Crippen molar-refractivity contribution in [2.45, 2.75) is 46.1 Å². The normalized spacial score (nSPS) is 13.4. The molecule has 0 bridgehead atoms. The van der Waals surface area contributed by atoms with Gasteiger partial charge in [-0.05, 0) is 49.9 Å². The monoisotopic (exact) mass is 288 g/mol. The number of nitrogens with zero attached hydrogens (tertiary/aromatic N) is 1. The van der Waals surface area contributed by atoms with E-state index < -0.39 is 0 Å². The Kier molecular flexibility index (Phi) is 4.99. The Morgan fingerprint density at radius 1 is 1.29 bits per heavy atom. The van der Waals surface area contributed by atoms with E-state index in [9.17, 15) is 9.59 Å². The van der Waals surface area contributed by atoms with E-state index in [1.54, 1.807) is 6.92 Å². The Hall–Kier alpha value is -1.84. The van der Waals surface area contributed by atoms with E-state index in [0.29, 0.717) is 6.54 Å². The van der Waals surface area contributed by atoms with Gasteiger partial charge in [-0.1, -0.05) is 13.8 Å². The Balaban J connectivity index is 2.02. The molecule has 114 valence electrons. The minimum atomic E-state index is 0.0761. The first-order valence-electron chi connectivity index (χ1n) is 7.73. The van der Waals surface area contributed by atoms with Crippen molar-refractivity contribution in [2.24, 2.45) is 0 Å².